The van der Waals surface area contributed by atoms with Crippen LogP contribution in [0.1, 0.15) is 24.8 Å². The van der Waals surface area contributed by atoms with Crippen molar-refractivity contribution < 1.29 is 5.11 Å². The van der Waals surface area contributed by atoms with E-state index in [9.17, 15) is 5.11 Å². The van der Waals surface area contributed by atoms with E-state index >= 15 is 0 Å². The molecular weight excluding hydrogens is 328 g/mol. The number of nitrogen functional groups attached to an aromatic ring is 1. The van der Waals surface area contributed by atoms with Crippen LogP contribution in [0.5, 0.6) is 0 Å². The van der Waals surface area contributed by atoms with Crippen LogP contribution in [0.2, 0.25) is 0 Å². The van der Waals surface area contributed by atoms with Gasteiger partial charge in [-0.2, -0.15) is 4.98 Å². The van der Waals surface area contributed by atoms with Gasteiger partial charge in [-0.3, -0.25) is 4.40 Å². The summed E-state index contributed by atoms with van der Waals surface area (Å²) in [7, 11) is 0. The predicted molar refractivity (Wildman–Crippen MR) is 101 cm³/mol. The monoisotopic (exact) mass is 352 g/mol. The molecule has 136 valence electrons. The molecule has 3 aromatic rings. The van der Waals surface area contributed by atoms with Gasteiger partial charge < -0.3 is 15.7 Å². The minimum atomic E-state index is -0.255. The molecule has 7 nitrogen and oxygen atoms in total. The van der Waals surface area contributed by atoms with Crippen LogP contribution in [-0.2, 0) is 6.42 Å². The number of nitrogens with two attached hydrogens (primary N) is 1. The second-order valence-corrected chi connectivity index (χ2v) is 6.95. The van der Waals surface area contributed by atoms with Gasteiger partial charge in [0.25, 0.3) is 0 Å². The number of hydrogen-bond donors (Lipinski definition) is 2. The zero-order valence-corrected chi connectivity index (χ0v) is 14.7. The summed E-state index contributed by atoms with van der Waals surface area (Å²) in [5, 5.41) is 18.5. The molecule has 1 aromatic carbocycles. The maximum Gasteiger partial charge on any atom is 0.209 e. The minimum absolute atomic E-state index is 0.255. The van der Waals surface area contributed by atoms with Crippen LogP contribution in [0.4, 0.5) is 11.8 Å². The molecule has 1 atom stereocenters. The average Bonchev–Trinajstić information content (AvgIpc) is 3.16. The number of aliphatic hydroxyl groups excluding tert-OH is 1. The molecule has 0 radical (unpaired) electrons. The van der Waals surface area contributed by atoms with Crippen LogP contribution in [0, 0.1) is 5.92 Å². The lowest BCUT2D eigenvalue weighted by molar-refractivity contribution is 0.0850. The molecule has 0 saturated carbocycles. The number of aliphatic hydroxyl groups is 1. The first-order valence-electron chi connectivity index (χ1n) is 9.14. The van der Waals surface area contributed by atoms with Gasteiger partial charge >= 0.3 is 0 Å². The highest BCUT2D eigenvalue weighted by Gasteiger charge is 2.26. The van der Waals surface area contributed by atoms with Gasteiger partial charge in [0.05, 0.1) is 6.10 Å². The summed E-state index contributed by atoms with van der Waals surface area (Å²) in [5.74, 6) is 1.57. The molecule has 4 rings (SSSR count). The first-order chi connectivity index (χ1) is 12.7. The second-order valence-electron chi connectivity index (χ2n) is 6.95. The molecule has 0 amide bonds. The highest BCUT2D eigenvalue weighted by molar-refractivity contribution is 5.55. The van der Waals surface area contributed by atoms with Gasteiger partial charge in [0.15, 0.2) is 5.65 Å². The van der Waals surface area contributed by atoms with E-state index in [1.165, 1.54) is 5.56 Å². The summed E-state index contributed by atoms with van der Waals surface area (Å²) in [6.45, 7) is 1.73. The zero-order valence-electron chi connectivity index (χ0n) is 14.7. The fraction of sp³-hybridized carbons (Fsp3) is 0.421. The van der Waals surface area contributed by atoms with Crippen LogP contribution in [-0.4, -0.2) is 43.9 Å². The van der Waals surface area contributed by atoms with E-state index in [1.54, 1.807) is 10.7 Å². The Morgan fingerprint density at radius 2 is 1.96 bits per heavy atom. The van der Waals surface area contributed by atoms with Crippen molar-refractivity contribution in [1.29, 1.82) is 0 Å². The van der Waals surface area contributed by atoms with E-state index in [0.29, 0.717) is 17.5 Å². The molecule has 2 aromatic heterocycles. The maximum absolute atomic E-state index is 10.6. The molecular formula is C19H24N6O. The van der Waals surface area contributed by atoms with Gasteiger partial charge in [0, 0.05) is 19.2 Å². The van der Waals surface area contributed by atoms with Crippen molar-refractivity contribution in [3.8, 4) is 0 Å². The number of hydrogen-bond acceptors (Lipinski definition) is 6. The number of aromatic nitrogens is 4. The Labute approximate surface area is 152 Å². The van der Waals surface area contributed by atoms with E-state index in [4.69, 9.17) is 5.73 Å². The van der Waals surface area contributed by atoms with Crippen LogP contribution < -0.4 is 10.6 Å². The molecule has 7 heteroatoms. The van der Waals surface area contributed by atoms with E-state index < -0.39 is 0 Å². The molecule has 1 aliphatic heterocycles. The average molecular weight is 352 g/mol. The lowest BCUT2D eigenvalue weighted by atomic mass is 9.88. The van der Waals surface area contributed by atoms with Crippen molar-refractivity contribution >= 4 is 17.4 Å². The normalized spacial score (nSPS) is 16.9. The number of benzene rings is 1. The number of anilines is 2. The summed E-state index contributed by atoms with van der Waals surface area (Å²) >= 11 is 0. The SMILES string of the molecule is Nc1nc(N2CCC(C(O)CCc3ccccc3)CC2)cc2nncn12. The number of fused-ring (bicyclic) bond motifs is 1. The Morgan fingerprint density at radius 1 is 1.19 bits per heavy atom. The largest absolute Gasteiger partial charge is 0.393 e. The Hall–Kier alpha value is -2.67. The summed E-state index contributed by atoms with van der Waals surface area (Å²) in [6.07, 6.45) is 4.95. The molecule has 1 unspecified atom stereocenters. The summed E-state index contributed by atoms with van der Waals surface area (Å²) in [4.78, 5) is 6.68. The van der Waals surface area contributed by atoms with Crippen molar-refractivity contribution in [3.05, 3.63) is 48.3 Å². The van der Waals surface area contributed by atoms with E-state index in [0.717, 1.165) is 44.6 Å². The Kier molecular flexibility index (Phi) is 4.71. The molecule has 1 fully saturated rings. The number of rotatable bonds is 5. The van der Waals surface area contributed by atoms with Crippen LogP contribution in [0.25, 0.3) is 5.65 Å². The molecule has 26 heavy (non-hydrogen) atoms. The quantitative estimate of drug-likeness (QED) is 0.729. The van der Waals surface area contributed by atoms with Crippen LogP contribution in [0.3, 0.4) is 0 Å². The molecule has 3 N–H and O–H groups in total. The number of piperidine rings is 1. The topological polar surface area (TPSA) is 92.6 Å². The smallest absolute Gasteiger partial charge is 0.209 e. The third kappa shape index (κ3) is 3.48. The van der Waals surface area contributed by atoms with Gasteiger partial charge in [0.2, 0.25) is 5.95 Å². The second kappa shape index (κ2) is 7.29. The van der Waals surface area contributed by atoms with Crippen molar-refractivity contribution in [3.63, 3.8) is 0 Å². The van der Waals surface area contributed by atoms with Gasteiger partial charge in [-0.05, 0) is 37.2 Å². The molecule has 1 aliphatic rings. The van der Waals surface area contributed by atoms with Crippen molar-refractivity contribution in [2.24, 2.45) is 5.92 Å². The third-order valence-electron chi connectivity index (χ3n) is 5.29. The standard InChI is InChI=1S/C19H24N6O/c20-19-22-17(12-18-23-21-13-25(18)19)24-10-8-15(9-11-24)16(26)7-6-14-4-2-1-3-5-14/h1-5,12-13,15-16,26H,6-11H2,(H2,20,22). The Bertz CT molecular complexity index is 857. The van der Waals surface area contributed by atoms with Crippen LogP contribution >= 0.6 is 0 Å². The lowest BCUT2D eigenvalue weighted by Gasteiger charge is -2.35. The minimum Gasteiger partial charge on any atom is -0.393 e. The highest BCUT2D eigenvalue weighted by atomic mass is 16.3. The van der Waals surface area contributed by atoms with Crippen molar-refractivity contribution in [2.45, 2.75) is 31.8 Å². The summed E-state index contributed by atoms with van der Waals surface area (Å²) < 4.78 is 1.67. The molecule has 0 aliphatic carbocycles. The van der Waals surface area contributed by atoms with Gasteiger partial charge in [-0.15, -0.1) is 10.2 Å². The molecule has 1 saturated heterocycles. The maximum atomic E-state index is 10.6. The fourth-order valence-electron chi connectivity index (χ4n) is 3.71. The van der Waals surface area contributed by atoms with Crippen molar-refractivity contribution in [1.82, 2.24) is 19.6 Å². The first-order valence-corrected chi connectivity index (χ1v) is 9.14. The van der Waals surface area contributed by atoms with Crippen LogP contribution in [0.15, 0.2) is 42.7 Å². The van der Waals surface area contributed by atoms with E-state index in [1.807, 2.05) is 24.3 Å². The van der Waals surface area contributed by atoms with Gasteiger partial charge in [-0.1, -0.05) is 30.3 Å². The first kappa shape index (κ1) is 16.8. The van der Waals surface area contributed by atoms with E-state index in [2.05, 4.69) is 32.2 Å². The van der Waals surface area contributed by atoms with Gasteiger partial charge in [-0.25, -0.2) is 0 Å². The predicted octanol–water partition coefficient (Wildman–Crippen LogP) is 1.92. The summed E-state index contributed by atoms with van der Waals surface area (Å²) in [5.41, 5.74) is 7.97. The summed E-state index contributed by atoms with van der Waals surface area (Å²) in [6, 6.07) is 12.3. The Morgan fingerprint density at radius 3 is 2.73 bits per heavy atom. The number of nitrogens with zero attached hydrogens (tertiary/aromatic N) is 5. The van der Waals surface area contributed by atoms with E-state index in [-0.39, 0.29) is 6.10 Å². The zero-order chi connectivity index (χ0) is 17.9. The highest BCUT2D eigenvalue weighted by Crippen LogP contribution is 2.27. The lowest BCUT2D eigenvalue weighted by Crippen LogP contribution is -2.38. The molecule has 0 bridgehead atoms. The molecule has 0 spiro atoms. The third-order valence-corrected chi connectivity index (χ3v) is 5.29. The van der Waals surface area contributed by atoms with Gasteiger partial charge in [0.1, 0.15) is 12.1 Å². The number of aryl methyl sites for hydroxylation is 1. The van der Waals surface area contributed by atoms with Crippen molar-refractivity contribution in [2.75, 3.05) is 23.7 Å². The fourth-order valence-corrected chi connectivity index (χ4v) is 3.71. The Balaban J connectivity index is 1.34. The molecule has 3 heterocycles.